The summed E-state index contributed by atoms with van der Waals surface area (Å²) in [5.74, 6) is 0. The van der Waals surface area contributed by atoms with Crippen LogP contribution < -0.4 is 0 Å². The molecule has 10 rings (SSSR count). The Hall–Kier alpha value is -6.64. The van der Waals surface area contributed by atoms with Crippen LogP contribution >= 0.6 is 0 Å². The van der Waals surface area contributed by atoms with E-state index in [0.717, 1.165) is 49.6 Å². The zero-order chi connectivity index (χ0) is 33.0. The van der Waals surface area contributed by atoms with Gasteiger partial charge in [0, 0.05) is 27.9 Å². The van der Waals surface area contributed by atoms with Crippen molar-refractivity contribution >= 4 is 54.1 Å². The minimum atomic E-state index is 0.969. The first kappa shape index (κ1) is 28.4. The lowest BCUT2D eigenvalue weighted by Crippen LogP contribution is -1.94. The summed E-state index contributed by atoms with van der Waals surface area (Å²) >= 11 is 0. The summed E-state index contributed by atoms with van der Waals surface area (Å²) in [7, 11) is 0. The molecule has 232 valence electrons. The van der Waals surface area contributed by atoms with Gasteiger partial charge in [-0.2, -0.15) is 0 Å². The molecular weight excluding hydrogens is 605 g/mol. The monoisotopic (exact) mass is 634 g/mol. The van der Waals surface area contributed by atoms with Crippen LogP contribution in [-0.4, -0.2) is 9.97 Å². The SMILES string of the molecule is c1ccc2c(-c3cc(-c4ccc(-c5ccnc6ccccc56)cc4)c4cc(-c5cccc6ccccc56)c5ccccc5c4n3)cccc2c1. The van der Waals surface area contributed by atoms with E-state index in [0.29, 0.717) is 0 Å². The second kappa shape index (κ2) is 11.5. The number of aromatic nitrogens is 2. The fourth-order valence-electron chi connectivity index (χ4n) is 7.74. The molecule has 0 aliphatic heterocycles. The van der Waals surface area contributed by atoms with E-state index in [2.05, 4.69) is 175 Å². The van der Waals surface area contributed by atoms with E-state index in [-0.39, 0.29) is 0 Å². The van der Waals surface area contributed by atoms with E-state index >= 15 is 0 Å². The highest BCUT2D eigenvalue weighted by Gasteiger charge is 2.18. The summed E-state index contributed by atoms with van der Waals surface area (Å²) < 4.78 is 0. The van der Waals surface area contributed by atoms with Crippen molar-refractivity contribution in [1.82, 2.24) is 9.97 Å². The molecule has 0 N–H and O–H groups in total. The van der Waals surface area contributed by atoms with Crippen molar-refractivity contribution in [3.8, 4) is 44.6 Å². The fourth-order valence-corrected chi connectivity index (χ4v) is 7.74. The molecule has 2 heterocycles. The normalized spacial score (nSPS) is 11.6. The van der Waals surface area contributed by atoms with Crippen LogP contribution in [-0.2, 0) is 0 Å². The quantitative estimate of drug-likeness (QED) is 0.180. The molecule has 0 atom stereocenters. The molecule has 0 aliphatic carbocycles. The summed E-state index contributed by atoms with van der Waals surface area (Å²) in [5, 5.41) is 9.52. The number of para-hydroxylation sites is 1. The average molecular weight is 635 g/mol. The lowest BCUT2D eigenvalue weighted by atomic mass is 9.88. The van der Waals surface area contributed by atoms with E-state index < -0.39 is 0 Å². The number of fused-ring (bicyclic) bond motifs is 6. The van der Waals surface area contributed by atoms with Crippen LogP contribution in [0.15, 0.2) is 182 Å². The van der Waals surface area contributed by atoms with Crippen LogP contribution in [0.3, 0.4) is 0 Å². The Morgan fingerprint density at radius 1 is 0.320 bits per heavy atom. The Labute approximate surface area is 290 Å². The highest BCUT2D eigenvalue weighted by atomic mass is 14.7. The molecule has 0 fully saturated rings. The lowest BCUT2D eigenvalue weighted by molar-refractivity contribution is 1.41. The van der Waals surface area contributed by atoms with Gasteiger partial charge < -0.3 is 0 Å². The third kappa shape index (κ3) is 4.57. The van der Waals surface area contributed by atoms with E-state index in [1.165, 1.54) is 49.2 Å². The van der Waals surface area contributed by atoms with Crippen molar-refractivity contribution in [2.24, 2.45) is 0 Å². The third-order valence-electron chi connectivity index (χ3n) is 10.1. The molecule has 50 heavy (non-hydrogen) atoms. The molecule has 0 saturated heterocycles. The Morgan fingerprint density at radius 2 is 0.880 bits per heavy atom. The van der Waals surface area contributed by atoms with Crippen LogP contribution in [0.4, 0.5) is 0 Å². The molecule has 0 bridgehead atoms. The molecule has 2 heteroatoms. The number of rotatable bonds is 4. The first-order chi connectivity index (χ1) is 24.8. The number of benzene rings is 8. The topological polar surface area (TPSA) is 25.8 Å². The second-order valence-corrected chi connectivity index (χ2v) is 12.9. The highest BCUT2D eigenvalue weighted by molar-refractivity contribution is 6.18. The molecule has 0 spiro atoms. The summed E-state index contributed by atoms with van der Waals surface area (Å²) in [4.78, 5) is 10.1. The van der Waals surface area contributed by atoms with Crippen molar-refractivity contribution < 1.29 is 0 Å². The van der Waals surface area contributed by atoms with Crippen molar-refractivity contribution in [3.63, 3.8) is 0 Å². The van der Waals surface area contributed by atoms with Crippen LogP contribution in [0.5, 0.6) is 0 Å². The summed E-state index contributed by atoms with van der Waals surface area (Å²) in [5.41, 5.74) is 11.2. The van der Waals surface area contributed by atoms with Crippen LogP contribution in [0.25, 0.3) is 98.8 Å². The fraction of sp³-hybridized carbons (Fsp3) is 0. The molecule has 0 saturated carbocycles. The zero-order valence-electron chi connectivity index (χ0n) is 27.2. The molecular formula is C48H30N2. The van der Waals surface area contributed by atoms with Gasteiger partial charge in [-0.25, -0.2) is 4.98 Å². The van der Waals surface area contributed by atoms with Gasteiger partial charge in [-0.3, -0.25) is 4.98 Å². The standard InChI is InChI=1S/C48H30N2/c1-3-15-35-31(11-1)13-9-20-38(35)44-29-45-43(34-25-23-33(24-26-34)37-27-28-49-46-22-8-7-18-40(37)46)30-47(50-48(45)42-19-6-5-17-39(42)44)41-21-10-14-32-12-2-4-16-36(32)41/h1-30H. The van der Waals surface area contributed by atoms with Crippen LogP contribution in [0, 0.1) is 0 Å². The maximum atomic E-state index is 5.50. The maximum absolute atomic E-state index is 5.50. The molecule has 10 aromatic rings. The molecule has 0 aliphatic rings. The van der Waals surface area contributed by atoms with Gasteiger partial charge in [-0.05, 0) is 84.6 Å². The average Bonchev–Trinajstić information content (AvgIpc) is 3.19. The zero-order valence-corrected chi connectivity index (χ0v) is 27.2. The maximum Gasteiger partial charge on any atom is 0.0794 e. The van der Waals surface area contributed by atoms with Crippen LogP contribution in [0.1, 0.15) is 0 Å². The van der Waals surface area contributed by atoms with Gasteiger partial charge in [0.1, 0.15) is 0 Å². The summed E-state index contributed by atoms with van der Waals surface area (Å²) in [6, 6.07) is 63.3. The van der Waals surface area contributed by atoms with E-state index in [1.54, 1.807) is 0 Å². The largest absolute Gasteiger partial charge is 0.256 e. The molecule has 2 nitrogen and oxygen atoms in total. The van der Waals surface area contributed by atoms with Crippen molar-refractivity contribution in [2.75, 3.05) is 0 Å². The number of hydrogen-bond acceptors (Lipinski definition) is 2. The lowest BCUT2D eigenvalue weighted by Gasteiger charge is -2.17. The molecule has 0 unspecified atom stereocenters. The van der Waals surface area contributed by atoms with Gasteiger partial charge in [0.05, 0.1) is 16.7 Å². The van der Waals surface area contributed by atoms with Gasteiger partial charge in [0.15, 0.2) is 0 Å². The van der Waals surface area contributed by atoms with E-state index in [1.807, 2.05) is 12.3 Å². The van der Waals surface area contributed by atoms with Crippen LogP contribution in [0.2, 0.25) is 0 Å². The van der Waals surface area contributed by atoms with Gasteiger partial charge in [0.2, 0.25) is 0 Å². The molecule has 0 radical (unpaired) electrons. The second-order valence-electron chi connectivity index (χ2n) is 12.9. The minimum absolute atomic E-state index is 0.969. The van der Waals surface area contributed by atoms with Gasteiger partial charge in [-0.15, -0.1) is 0 Å². The summed E-state index contributed by atoms with van der Waals surface area (Å²) in [6.07, 6.45) is 1.90. The molecule has 8 aromatic carbocycles. The van der Waals surface area contributed by atoms with E-state index in [9.17, 15) is 0 Å². The first-order valence-electron chi connectivity index (χ1n) is 17.1. The minimum Gasteiger partial charge on any atom is -0.256 e. The number of hydrogen-bond donors (Lipinski definition) is 0. The van der Waals surface area contributed by atoms with Crippen molar-refractivity contribution in [2.45, 2.75) is 0 Å². The Morgan fingerprint density at radius 3 is 1.62 bits per heavy atom. The predicted octanol–water partition coefficient (Wildman–Crippen LogP) is 12.9. The summed E-state index contributed by atoms with van der Waals surface area (Å²) in [6.45, 7) is 0. The van der Waals surface area contributed by atoms with Crippen molar-refractivity contribution in [1.29, 1.82) is 0 Å². The highest BCUT2D eigenvalue weighted by Crippen LogP contribution is 2.43. The van der Waals surface area contributed by atoms with Gasteiger partial charge in [-0.1, -0.05) is 152 Å². The predicted molar refractivity (Wildman–Crippen MR) is 211 cm³/mol. The first-order valence-corrected chi connectivity index (χ1v) is 17.1. The number of pyridine rings is 2. The van der Waals surface area contributed by atoms with Gasteiger partial charge in [0.25, 0.3) is 0 Å². The Balaban J connectivity index is 1.27. The van der Waals surface area contributed by atoms with Gasteiger partial charge >= 0.3 is 0 Å². The Bertz CT molecular complexity index is 2910. The Kier molecular flexibility index (Phi) is 6.53. The molecule has 0 amide bonds. The molecule has 2 aromatic heterocycles. The smallest absolute Gasteiger partial charge is 0.0794 e. The third-order valence-corrected chi connectivity index (χ3v) is 10.1. The van der Waals surface area contributed by atoms with Crippen molar-refractivity contribution in [3.05, 3.63) is 182 Å². The van der Waals surface area contributed by atoms with E-state index in [4.69, 9.17) is 4.98 Å². The number of nitrogens with zero attached hydrogens (tertiary/aromatic N) is 2.